The standard InChI is InChI=1S/C23H24N4O2S/c1-16(30-22-24-13-14-26(22)15-17-9-5-4-6-10-17)20(28)27-19-12-8-7-11-18(19)25-21(29)23(27,2)3/h4-14,16H,15H2,1-3H3,(H,25,29). The highest BCUT2D eigenvalue weighted by Crippen LogP contribution is 2.38. The van der Waals surface area contributed by atoms with Gasteiger partial charge in [0.05, 0.1) is 16.6 Å². The zero-order valence-electron chi connectivity index (χ0n) is 17.2. The van der Waals surface area contributed by atoms with Crippen LogP contribution in [0.15, 0.2) is 72.1 Å². The Bertz CT molecular complexity index is 1080. The molecular weight excluding hydrogens is 396 g/mol. The number of aromatic nitrogens is 2. The monoisotopic (exact) mass is 420 g/mol. The van der Waals surface area contributed by atoms with E-state index in [1.54, 1.807) is 24.9 Å². The minimum Gasteiger partial charge on any atom is -0.322 e. The summed E-state index contributed by atoms with van der Waals surface area (Å²) in [6.07, 6.45) is 3.66. The number of imidazole rings is 1. The van der Waals surface area contributed by atoms with E-state index < -0.39 is 10.8 Å². The highest BCUT2D eigenvalue weighted by atomic mass is 32.2. The minimum atomic E-state index is -0.986. The Morgan fingerprint density at radius 2 is 1.83 bits per heavy atom. The predicted octanol–water partition coefficient (Wildman–Crippen LogP) is 4.18. The molecule has 2 amide bonds. The zero-order valence-corrected chi connectivity index (χ0v) is 18.0. The Labute approximate surface area is 180 Å². The summed E-state index contributed by atoms with van der Waals surface area (Å²) in [5.74, 6) is -0.320. The van der Waals surface area contributed by atoms with E-state index in [1.165, 1.54) is 17.3 Å². The largest absolute Gasteiger partial charge is 0.322 e. The molecule has 0 bridgehead atoms. The van der Waals surface area contributed by atoms with Crippen LogP contribution in [-0.2, 0) is 16.1 Å². The van der Waals surface area contributed by atoms with Crippen molar-refractivity contribution in [3.8, 4) is 0 Å². The van der Waals surface area contributed by atoms with Crippen LogP contribution >= 0.6 is 11.8 Å². The molecule has 4 rings (SSSR count). The average molecular weight is 421 g/mol. The normalized spacial score (nSPS) is 16.0. The Morgan fingerprint density at radius 1 is 1.13 bits per heavy atom. The molecule has 1 atom stereocenters. The molecule has 0 saturated carbocycles. The number of hydrogen-bond donors (Lipinski definition) is 1. The zero-order chi connectivity index (χ0) is 21.3. The predicted molar refractivity (Wildman–Crippen MR) is 120 cm³/mol. The van der Waals surface area contributed by atoms with E-state index in [4.69, 9.17) is 0 Å². The first-order valence-electron chi connectivity index (χ1n) is 9.84. The molecule has 0 spiro atoms. The SMILES string of the molecule is CC(Sc1nccn1Cc1ccccc1)C(=O)N1c2ccccc2NC(=O)C1(C)C. The van der Waals surface area contributed by atoms with Crippen molar-refractivity contribution in [2.45, 2.75) is 43.3 Å². The smallest absolute Gasteiger partial charge is 0.250 e. The van der Waals surface area contributed by atoms with Crippen LogP contribution in [0.25, 0.3) is 0 Å². The lowest BCUT2D eigenvalue weighted by molar-refractivity contribution is -0.126. The third-order valence-electron chi connectivity index (χ3n) is 5.23. The van der Waals surface area contributed by atoms with Crippen LogP contribution < -0.4 is 10.2 Å². The van der Waals surface area contributed by atoms with Crippen LogP contribution in [0.1, 0.15) is 26.3 Å². The number of carbonyl (C=O) groups is 2. The number of carbonyl (C=O) groups excluding carboxylic acids is 2. The number of amides is 2. The number of fused-ring (bicyclic) bond motifs is 1. The molecule has 0 fully saturated rings. The first kappa shape index (κ1) is 20.2. The van der Waals surface area contributed by atoms with Gasteiger partial charge in [-0.15, -0.1) is 0 Å². The molecule has 3 aromatic rings. The molecule has 0 saturated heterocycles. The van der Waals surface area contributed by atoms with Crippen molar-refractivity contribution in [1.82, 2.24) is 9.55 Å². The van der Waals surface area contributed by atoms with Gasteiger partial charge in [0.2, 0.25) is 11.8 Å². The number of benzene rings is 2. The molecular formula is C23H24N4O2S. The molecule has 2 aromatic carbocycles. The summed E-state index contributed by atoms with van der Waals surface area (Å²) >= 11 is 1.40. The van der Waals surface area contributed by atoms with Crippen molar-refractivity contribution in [1.29, 1.82) is 0 Å². The number of rotatable bonds is 5. The van der Waals surface area contributed by atoms with Crippen molar-refractivity contribution in [3.05, 3.63) is 72.6 Å². The summed E-state index contributed by atoms with van der Waals surface area (Å²) in [4.78, 5) is 32.2. The fourth-order valence-electron chi connectivity index (χ4n) is 3.55. The highest BCUT2D eigenvalue weighted by molar-refractivity contribution is 8.00. The second kappa shape index (κ2) is 7.99. The molecule has 154 valence electrons. The van der Waals surface area contributed by atoms with Gasteiger partial charge >= 0.3 is 0 Å². The van der Waals surface area contributed by atoms with Crippen molar-refractivity contribution in [2.75, 3.05) is 10.2 Å². The van der Waals surface area contributed by atoms with Gasteiger partial charge in [-0.3, -0.25) is 14.5 Å². The molecule has 0 aliphatic carbocycles. The first-order chi connectivity index (χ1) is 14.4. The summed E-state index contributed by atoms with van der Waals surface area (Å²) in [6.45, 7) is 6.08. The van der Waals surface area contributed by atoms with Crippen molar-refractivity contribution in [3.63, 3.8) is 0 Å². The fourth-order valence-corrected chi connectivity index (χ4v) is 4.46. The number of hydrogen-bond acceptors (Lipinski definition) is 4. The topological polar surface area (TPSA) is 67.2 Å². The number of thioether (sulfide) groups is 1. The van der Waals surface area contributed by atoms with Gasteiger partial charge in [0.25, 0.3) is 0 Å². The third-order valence-corrected chi connectivity index (χ3v) is 6.34. The fraction of sp³-hybridized carbons (Fsp3) is 0.261. The number of nitrogens with one attached hydrogen (secondary N) is 1. The second-order valence-electron chi connectivity index (χ2n) is 7.79. The van der Waals surface area contributed by atoms with E-state index in [9.17, 15) is 9.59 Å². The summed E-state index contributed by atoms with van der Waals surface area (Å²) in [5.41, 5.74) is 1.55. The maximum atomic E-state index is 13.5. The van der Waals surface area contributed by atoms with Gasteiger partial charge in [0.15, 0.2) is 5.16 Å². The van der Waals surface area contributed by atoms with E-state index in [-0.39, 0.29) is 11.8 Å². The lowest BCUT2D eigenvalue weighted by Crippen LogP contribution is -2.60. The second-order valence-corrected chi connectivity index (χ2v) is 9.10. The summed E-state index contributed by atoms with van der Waals surface area (Å²) < 4.78 is 2.03. The maximum Gasteiger partial charge on any atom is 0.250 e. The van der Waals surface area contributed by atoms with Crippen LogP contribution in [0, 0.1) is 0 Å². The van der Waals surface area contributed by atoms with E-state index in [2.05, 4.69) is 22.4 Å². The quantitative estimate of drug-likeness (QED) is 0.629. The van der Waals surface area contributed by atoms with Crippen molar-refractivity contribution >= 4 is 35.0 Å². The van der Waals surface area contributed by atoms with E-state index in [0.29, 0.717) is 17.9 Å². The van der Waals surface area contributed by atoms with Crippen LogP contribution in [-0.4, -0.2) is 32.2 Å². The van der Waals surface area contributed by atoms with Crippen LogP contribution in [0.3, 0.4) is 0 Å². The molecule has 1 N–H and O–H groups in total. The van der Waals surface area contributed by atoms with Crippen LogP contribution in [0.2, 0.25) is 0 Å². The Kier molecular flexibility index (Phi) is 5.39. The van der Waals surface area contributed by atoms with Gasteiger partial charge in [-0.05, 0) is 38.5 Å². The number of para-hydroxylation sites is 2. The average Bonchev–Trinajstić information content (AvgIpc) is 3.15. The maximum absolute atomic E-state index is 13.5. The van der Waals surface area contributed by atoms with Crippen LogP contribution in [0.5, 0.6) is 0 Å². The summed E-state index contributed by atoms with van der Waals surface area (Å²) in [5, 5.41) is 3.25. The Balaban J connectivity index is 1.58. The molecule has 1 aromatic heterocycles. The van der Waals surface area contributed by atoms with Gasteiger partial charge < -0.3 is 9.88 Å². The van der Waals surface area contributed by atoms with E-state index >= 15 is 0 Å². The summed E-state index contributed by atoms with van der Waals surface area (Å²) in [7, 11) is 0. The van der Waals surface area contributed by atoms with Gasteiger partial charge in [-0.2, -0.15) is 0 Å². The molecule has 1 unspecified atom stereocenters. The van der Waals surface area contributed by atoms with Gasteiger partial charge in [-0.1, -0.05) is 54.2 Å². The molecule has 30 heavy (non-hydrogen) atoms. The molecule has 2 heterocycles. The van der Waals surface area contributed by atoms with Gasteiger partial charge in [0.1, 0.15) is 5.54 Å². The molecule has 1 aliphatic heterocycles. The van der Waals surface area contributed by atoms with Gasteiger partial charge in [0, 0.05) is 18.9 Å². The highest BCUT2D eigenvalue weighted by Gasteiger charge is 2.44. The Hall–Kier alpha value is -3.06. The number of anilines is 2. The molecule has 7 heteroatoms. The van der Waals surface area contributed by atoms with Crippen LogP contribution in [0.4, 0.5) is 11.4 Å². The van der Waals surface area contributed by atoms with Crippen molar-refractivity contribution in [2.24, 2.45) is 0 Å². The lowest BCUT2D eigenvalue weighted by atomic mass is 9.96. The lowest BCUT2D eigenvalue weighted by Gasteiger charge is -2.43. The third kappa shape index (κ3) is 3.73. The first-order valence-corrected chi connectivity index (χ1v) is 10.7. The molecule has 1 aliphatic rings. The van der Waals surface area contributed by atoms with Crippen molar-refractivity contribution < 1.29 is 9.59 Å². The molecule has 0 radical (unpaired) electrons. The summed E-state index contributed by atoms with van der Waals surface area (Å²) in [6, 6.07) is 17.5. The van der Waals surface area contributed by atoms with Gasteiger partial charge in [-0.25, -0.2) is 4.98 Å². The van der Waals surface area contributed by atoms with E-state index in [0.717, 1.165) is 5.16 Å². The van der Waals surface area contributed by atoms with E-state index in [1.807, 2.05) is 60.2 Å². The Morgan fingerprint density at radius 3 is 2.60 bits per heavy atom. The number of nitrogens with zero attached hydrogens (tertiary/aromatic N) is 3. The molecule has 6 nitrogen and oxygen atoms in total. The minimum absolute atomic E-state index is 0.124.